The van der Waals surface area contributed by atoms with Crippen molar-refractivity contribution in [3.8, 4) is 0 Å². The van der Waals surface area contributed by atoms with Gasteiger partial charge in [-0.3, -0.25) is 9.69 Å². The maximum Gasteiger partial charge on any atom is 0.241 e. The third-order valence-corrected chi connectivity index (χ3v) is 3.46. The van der Waals surface area contributed by atoms with E-state index < -0.39 is 0 Å². The first-order valence-corrected chi connectivity index (χ1v) is 6.43. The van der Waals surface area contributed by atoms with Crippen molar-refractivity contribution in [1.29, 1.82) is 0 Å². The van der Waals surface area contributed by atoms with Gasteiger partial charge in [0.05, 0.1) is 24.0 Å². The van der Waals surface area contributed by atoms with Crippen LogP contribution in [0.4, 0.5) is 11.4 Å². The fraction of sp³-hybridized carbons (Fsp3) is 0.462. The summed E-state index contributed by atoms with van der Waals surface area (Å²) in [5.41, 5.74) is 6.73. The van der Waals surface area contributed by atoms with Gasteiger partial charge in [0.25, 0.3) is 0 Å². The summed E-state index contributed by atoms with van der Waals surface area (Å²) in [6, 6.07) is 4.42. The van der Waals surface area contributed by atoms with Gasteiger partial charge in [-0.15, -0.1) is 0 Å². The van der Waals surface area contributed by atoms with Crippen LogP contribution in [0.25, 0.3) is 0 Å². The fourth-order valence-corrected chi connectivity index (χ4v) is 1.74. The number of nitrogens with two attached hydrogens (primary N) is 1. The van der Waals surface area contributed by atoms with E-state index in [2.05, 4.69) is 5.32 Å². The standard InChI is InChI=1S/C13H20ClN3O2/c1-8(7-18)17(3)9(2)13(19)16-12-6-10(14)4-5-11(12)15/h4-6,8-9,18H,7,15H2,1-3H3,(H,16,19). The Labute approximate surface area is 118 Å². The summed E-state index contributed by atoms with van der Waals surface area (Å²) in [4.78, 5) is 13.9. The van der Waals surface area contributed by atoms with E-state index in [-0.39, 0.29) is 24.6 Å². The van der Waals surface area contributed by atoms with Crippen molar-refractivity contribution < 1.29 is 9.90 Å². The lowest BCUT2D eigenvalue weighted by atomic mass is 10.2. The number of benzene rings is 1. The highest BCUT2D eigenvalue weighted by molar-refractivity contribution is 6.31. The number of carbonyl (C=O) groups is 1. The number of likely N-dealkylation sites (N-methyl/N-ethyl adjacent to an activating group) is 1. The van der Waals surface area contributed by atoms with Crippen LogP contribution in [0.2, 0.25) is 5.02 Å². The molecular formula is C13H20ClN3O2. The van der Waals surface area contributed by atoms with Crippen LogP contribution in [-0.2, 0) is 4.79 Å². The molecule has 0 fully saturated rings. The van der Waals surface area contributed by atoms with Crippen molar-refractivity contribution in [3.05, 3.63) is 23.2 Å². The van der Waals surface area contributed by atoms with Gasteiger partial charge in [-0.1, -0.05) is 11.6 Å². The number of rotatable bonds is 5. The molecule has 6 heteroatoms. The zero-order valence-electron chi connectivity index (χ0n) is 11.4. The normalized spacial score (nSPS) is 14.2. The van der Waals surface area contributed by atoms with Gasteiger partial charge >= 0.3 is 0 Å². The summed E-state index contributed by atoms with van der Waals surface area (Å²) in [6.07, 6.45) is 0. The van der Waals surface area contributed by atoms with Crippen LogP contribution >= 0.6 is 11.6 Å². The molecule has 5 nitrogen and oxygen atoms in total. The van der Waals surface area contributed by atoms with Crippen molar-refractivity contribution in [2.75, 3.05) is 24.7 Å². The lowest BCUT2D eigenvalue weighted by Gasteiger charge is -2.28. The molecule has 1 aromatic carbocycles. The predicted molar refractivity (Wildman–Crippen MR) is 78.3 cm³/mol. The quantitative estimate of drug-likeness (QED) is 0.718. The van der Waals surface area contributed by atoms with Crippen LogP contribution in [0, 0.1) is 0 Å². The topological polar surface area (TPSA) is 78.6 Å². The number of amides is 1. The molecule has 0 heterocycles. The van der Waals surface area contributed by atoms with E-state index in [1.807, 2.05) is 6.92 Å². The Morgan fingerprint density at radius 1 is 1.53 bits per heavy atom. The molecule has 0 aliphatic carbocycles. The Hall–Kier alpha value is -1.30. The van der Waals surface area contributed by atoms with Crippen molar-refractivity contribution >= 4 is 28.9 Å². The Morgan fingerprint density at radius 2 is 2.16 bits per heavy atom. The molecule has 4 N–H and O–H groups in total. The van der Waals surface area contributed by atoms with E-state index >= 15 is 0 Å². The number of aliphatic hydroxyl groups is 1. The lowest BCUT2D eigenvalue weighted by Crippen LogP contribution is -2.45. The average molecular weight is 286 g/mol. The number of nitrogen functional groups attached to an aromatic ring is 1. The van der Waals surface area contributed by atoms with Crippen molar-refractivity contribution in [3.63, 3.8) is 0 Å². The first kappa shape index (κ1) is 15.8. The summed E-state index contributed by atoms with van der Waals surface area (Å²) in [7, 11) is 1.78. The molecule has 1 rings (SSSR count). The number of nitrogens with one attached hydrogen (secondary N) is 1. The van der Waals surface area contributed by atoms with Gasteiger partial charge in [-0.25, -0.2) is 0 Å². The summed E-state index contributed by atoms with van der Waals surface area (Å²) in [6.45, 7) is 3.60. The molecule has 1 amide bonds. The molecule has 2 unspecified atom stereocenters. The van der Waals surface area contributed by atoms with Crippen LogP contribution in [0.15, 0.2) is 18.2 Å². The van der Waals surface area contributed by atoms with Gasteiger partial charge in [-0.05, 0) is 39.1 Å². The second kappa shape index (κ2) is 6.75. The maximum atomic E-state index is 12.1. The molecule has 0 radical (unpaired) electrons. The summed E-state index contributed by atoms with van der Waals surface area (Å²) in [5.74, 6) is -0.197. The van der Waals surface area contributed by atoms with Gasteiger partial charge in [0, 0.05) is 11.1 Å². The molecular weight excluding hydrogens is 266 g/mol. The molecule has 0 saturated heterocycles. The van der Waals surface area contributed by atoms with Gasteiger partial charge < -0.3 is 16.2 Å². The average Bonchev–Trinajstić information content (AvgIpc) is 2.40. The molecule has 0 saturated carbocycles. The molecule has 106 valence electrons. The van der Waals surface area contributed by atoms with E-state index in [0.29, 0.717) is 16.4 Å². The first-order valence-electron chi connectivity index (χ1n) is 6.05. The van der Waals surface area contributed by atoms with Crippen LogP contribution < -0.4 is 11.1 Å². The van der Waals surface area contributed by atoms with E-state index in [1.54, 1.807) is 37.1 Å². The van der Waals surface area contributed by atoms with Crippen LogP contribution in [0.3, 0.4) is 0 Å². The van der Waals surface area contributed by atoms with E-state index in [1.165, 1.54) is 0 Å². The number of hydrogen-bond acceptors (Lipinski definition) is 4. The van der Waals surface area contributed by atoms with Crippen molar-refractivity contribution in [1.82, 2.24) is 4.90 Å². The van der Waals surface area contributed by atoms with Crippen LogP contribution in [0.5, 0.6) is 0 Å². The second-order valence-electron chi connectivity index (χ2n) is 4.59. The third kappa shape index (κ3) is 4.09. The van der Waals surface area contributed by atoms with E-state index in [0.717, 1.165) is 0 Å². The largest absolute Gasteiger partial charge is 0.397 e. The summed E-state index contributed by atoms with van der Waals surface area (Å²) in [5, 5.41) is 12.3. The molecule has 0 bridgehead atoms. The number of anilines is 2. The summed E-state index contributed by atoms with van der Waals surface area (Å²) < 4.78 is 0. The van der Waals surface area contributed by atoms with Gasteiger partial charge in [0.2, 0.25) is 5.91 Å². The Morgan fingerprint density at radius 3 is 2.74 bits per heavy atom. The molecule has 19 heavy (non-hydrogen) atoms. The molecule has 1 aromatic rings. The van der Waals surface area contributed by atoms with Crippen LogP contribution in [-0.4, -0.2) is 41.7 Å². The zero-order chi connectivity index (χ0) is 14.6. The SMILES string of the molecule is CC(CO)N(C)C(C)C(=O)Nc1cc(Cl)ccc1N. The number of carbonyl (C=O) groups excluding carboxylic acids is 1. The number of halogens is 1. The molecule has 0 aliphatic rings. The van der Waals surface area contributed by atoms with Gasteiger partial charge in [0.15, 0.2) is 0 Å². The highest BCUT2D eigenvalue weighted by atomic mass is 35.5. The maximum absolute atomic E-state index is 12.1. The van der Waals surface area contributed by atoms with Gasteiger partial charge in [-0.2, -0.15) is 0 Å². The van der Waals surface area contributed by atoms with E-state index in [9.17, 15) is 4.79 Å². The Balaban J connectivity index is 2.76. The minimum absolute atomic E-state index is 0.00652. The first-order chi connectivity index (χ1) is 8.86. The molecule has 0 aromatic heterocycles. The summed E-state index contributed by atoms with van der Waals surface area (Å²) >= 11 is 5.86. The highest BCUT2D eigenvalue weighted by Gasteiger charge is 2.22. The minimum Gasteiger partial charge on any atom is -0.397 e. The van der Waals surface area contributed by atoms with Crippen LogP contribution in [0.1, 0.15) is 13.8 Å². The van der Waals surface area contributed by atoms with E-state index in [4.69, 9.17) is 22.4 Å². The molecule has 0 spiro atoms. The number of aliphatic hydroxyl groups excluding tert-OH is 1. The minimum atomic E-state index is -0.388. The van der Waals surface area contributed by atoms with Crippen molar-refractivity contribution in [2.45, 2.75) is 25.9 Å². The van der Waals surface area contributed by atoms with Crippen molar-refractivity contribution in [2.24, 2.45) is 0 Å². The zero-order valence-corrected chi connectivity index (χ0v) is 12.1. The highest BCUT2D eigenvalue weighted by Crippen LogP contribution is 2.23. The number of nitrogens with zero attached hydrogens (tertiary/aromatic N) is 1. The smallest absolute Gasteiger partial charge is 0.241 e. The second-order valence-corrected chi connectivity index (χ2v) is 5.03. The predicted octanol–water partition coefficient (Wildman–Crippen LogP) is 1.56. The Bertz CT molecular complexity index is 454. The molecule has 2 atom stereocenters. The Kier molecular flexibility index (Phi) is 5.60. The fourth-order valence-electron chi connectivity index (χ4n) is 1.57. The lowest BCUT2D eigenvalue weighted by molar-refractivity contribution is -0.121. The monoisotopic (exact) mass is 285 g/mol. The molecule has 0 aliphatic heterocycles. The van der Waals surface area contributed by atoms with Gasteiger partial charge in [0.1, 0.15) is 0 Å². The number of hydrogen-bond donors (Lipinski definition) is 3. The third-order valence-electron chi connectivity index (χ3n) is 3.22.